The van der Waals surface area contributed by atoms with Crippen molar-refractivity contribution in [3.05, 3.63) is 45.9 Å². The molecule has 0 unspecified atom stereocenters. The van der Waals surface area contributed by atoms with Crippen LogP contribution in [0.15, 0.2) is 35.4 Å². The quantitative estimate of drug-likeness (QED) is 0.744. The van der Waals surface area contributed by atoms with Gasteiger partial charge in [0.25, 0.3) is 0 Å². The van der Waals surface area contributed by atoms with Crippen molar-refractivity contribution in [3.8, 4) is 0 Å². The molecule has 15 heavy (non-hydrogen) atoms. The highest BCUT2D eigenvalue weighted by Gasteiger charge is 1.99. The molecule has 78 valence electrons. The first-order valence-electron chi connectivity index (χ1n) is 4.85. The van der Waals surface area contributed by atoms with E-state index in [9.17, 15) is 0 Å². The predicted molar refractivity (Wildman–Crippen MR) is 67.6 cm³/mol. The van der Waals surface area contributed by atoms with Gasteiger partial charge in [-0.3, -0.25) is 0 Å². The van der Waals surface area contributed by atoms with Gasteiger partial charge in [-0.2, -0.15) is 0 Å². The van der Waals surface area contributed by atoms with Gasteiger partial charge < -0.3 is 0 Å². The Labute approximate surface area is 98.6 Å². The molecular weight excluding hydrogens is 222 g/mol. The lowest BCUT2D eigenvalue weighted by atomic mass is 10.2. The Bertz CT molecular complexity index is 431. The molecule has 0 fully saturated rings. The van der Waals surface area contributed by atoms with E-state index in [1.165, 1.54) is 20.3 Å². The second-order valence-corrected chi connectivity index (χ2v) is 5.83. The average Bonchev–Trinajstić information content (AvgIpc) is 2.64. The zero-order valence-electron chi connectivity index (χ0n) is 8.86. The van der Waals surface area contributed by atoms with E-state index < -0.39 is 0 Å². The van der Waals surface area contributed by atoms with Crippen molar-refractivity contribution in [2.45, 2.75) is 24.5 Å². The van der Waals surface area contributed by atoms with Crippen LogP contribution in [0, 0.1) is 13.8 Å². The van der Waals surface area contributed by atoms with Crippen molar-refractivity contribution in [3.63, 3.8) is 0 Å². The Morgan fingerprint density at radius 3 is 2.53 bits per heavy atom. The van der Waals surface area contributed by atoms with Crippen molar-refractivity contribution >= 4 is 23.1 Å². The lowest BCUT2D eigenvalue weighted by molar-refractivity contribution is 1.25. The summed E-state index contributed by atoms with van der Waals surface area (Å²) in [6, 6.07) is 8.63. The normalized spacial score (nSPS) is 10.5. The predicted octanol–water partition coefficient (Wildman–Crippen LogP) is 4.05. The van der Waals surface area contributed by atoms with Crippen LogP contribution in [0.5, 0.6) is 0 Å². The molecule has 2 aromatic rings. The van der Waals surface area contributed by atoms with E-state index in [-0.39, 0.29) is 0 Å². The van der Waals surface area contributed by atoms with E-state index in [0.29, 0.717) is 0 Å². The van der Waals surface area contributed by atoms with Crippen LogP contribution in [0.4, 0.5) is 0 Å². The van der Waals surface area contributed by atoms with Crippen LogP contribution in [0.1, 0.15) is 15.4 Å². The summed E-state index contributed by atoms with van der Waals surface area (Å²) in [5, 5.41) is 1.21. The number of rotatable bonds is 3. The van der Waals surface area contributed by atoms with Gasteiger partial charge in [-0.1, -0.05) is 17.7 Å². The average molecular weight is 235 g/mol. The summed E-state index contributed by atoms with van der Waals surface area (Å²) in [6.07, 6.45) is 1.94. The summed E-state index contributed by atoms with van der Waals surface area (Å²) >= 11 is 3.62. The van der Waals surface area contributed by atoms with Gasteiger partial charge in [0.05, 0.1) is 5.75 Å². The van der Waals surface area contributed by atoms with E-state index in [4.69, 9.17) is 0 Å². The summed E-state index contributed by atoms with van der Waals surface area (Å²) in [5.41, 5.74) is 1.31. The first kappa shape index (κ1) is 10.7. The van der Waals surface area contributed by atoms with Gasteiger partial charge in [0.15, 0.2) is 0 Å². The summed E-state index contributed by atoms with van der Waals surface area (Å²) < 4.78 is 0. The molecule has 1 heterocycles. The molecule has 3 heteroatoms. The molecule has 1 nitrogen and oxygen atoms in total. The number of aromatic nitrogens is 1. The summed E-state index contributed by atoms with van der Waals surface area (Å²) in [6.45, 7) is 4.20. The fourth-order valence-electron chi connectivity index (χ4n) is 1.25. The van der Waals surface area contributed by atoms with Crippen molar-refractivity contribution in [2.75, 3.05) is 0 Å². The topological polar surface area (TPSA) is 12.9 Å². The molecular formula is C12H13NS2. The van der Waals surface area contributed by atoms with Crippen molar-refractivity contribution in [1.29, 1.82) is 0 Å². The maximum absolute atomic E-state index is 4.35. The van der Waals surface area contributed by atoms with Crippen molar-refractivity contribution in [2.24, 2.45) is 0 Å². The largest absolute Gasteiger partial charge is 0.249 e. The molecule has 1 aromatic heterocycles. The zero-order valence-corrected chi connectivity index (χ0v) is 10.5. The van der Waals surface area contributed by atoms with E-state index in [0.717, 1.165) is 5.75 Å². The monoisotopic (exact) mass is 235 g/mol. The highest BCUT2D eigenvalue weighted by molar-refractivity contribution is 7.98. The SMILES string of the molecule is Cc1ccc(SCc2ncc(C)s2)cc1. The van der Waals surface area contributed by atoms with Crippen LogP contribution in [0.2, 0.25) is 0 Å². The minimum Gasteiger partial charge on any atom is -0.249 e. The number of benzene rings is 1. The second kappa shape index (κ2) is 4.81. The van der Waals surface area contributed by atoms with Crippen LogP contribution in [-0.2, 0) is 5.75 Å². The van der Waals surface area contributed by atoms with E-state index in [1.807, 2.05) is 18.0 Å². The third kappa shape index (κ3) is 3.08. The third-order valence-electron chi connectivity index (χ3n) is 2.05. The molecule has 0 aliphatic rings. The van der Waals surface area contributed by atoms with Gasteiger partial charge in [-0.15, -0.1) is 23.1 Å². The molecule has 0 aliphatic carbocycles. The highest BCUT2D eigenvalue weighted by Crippen LogP contribution is 2.24. The fourth-order valence-corrected chi connectivity index (χ4v) is 2.94. The third-order valence-corrected chi connectivity index (χ3v) is 4.17. The molecule has 2 rings (SSSR count). The molecule has 0 atom stereocenters. The smallest absolute Gasteiger partial charge is 0.103 e. The second-order valence-electron chi connectivity index (χ2n) is 3.47. The number of thiazole rings is 1. The Morgan fingerprint density at radius 2 is 1.93 bits per heavy atom. The van der Waals surface area contributed by atoms with Crippen LogP contribution in [-0.4, -0.2) is 4.98 Å². The summed E-state index contributed by atoms with van der Waals surface area (Å²) in [4.78, 5) is 6.95. The highest BCUT2D eigenvalue weighted by atomic mass is 32.2. The van der Waals surface area contributed by atoms with Gasteiger partial charge in [-0.05, 0) is 26.0 Å². The summed E-state index contributed by atoms with van der Waals surface area (Å²) in [7, 11) is 0. The van der Waals surface area contributed by atoms with Gasteiger partial charge in [0.1, 0.15) is 5.01 Å². The molecule has 0 amide bonds. The molecule has 0 saturated heterocycles. The number of hydrogen-bond acceptors (Lipinski definition) is 3. The number of thioether (sulfide) groups is 1. The van der Waals surface area contributed by atoms with Crippen LogP contribution < -0.4 is 0 Å². The zero-order chi connectivity index (χ0) is 10.7. The van der Waals surface area contributed by atoms with Gasteiger partial charge in [0.2, 0.25) is 0 Å². The fraction of sp³-hybridized carbons (Fsp3) is 0.250. The van der Waals surface area contributed by atoms with Crippen molar-refractivity contribution in [1.82, 2.24) is 4.98 Å². The van der Waals surface area contributed by atoms with Crippen LogP contribution in [0.25, 0.3) is 0 Å². The number of aryl methyl sites for hydroxylation is 2. The lowest BCUT2D eigenvalue weighted by Gasteiger charge is -1.99. The van der Waals surface area contributed by atoms with E-state index in [1.54, 1.807) is 11.3 Å². The molecule has 0 N–H and O–H groups in total. The molecule has 0 radical (unpaired) electrons. The number of nitrogens with zero attached hydrogens (tertiary/aromatic N) is 1. The Kier molecular flexibility index (Phi) is 3.44. The minimum atomic E-state index is 0.974. The summed E-state index contributed by atoms with van der Waals surface area (Å²) in [5.74, 6) is 0.974. The Balaban J connectivity index is 1.96. The number of hydrogen-bond donors (Lipinski definition) is 0. The van der Waals surface area contributed by atoms with E-state index in [2.05, 4.69) is 43.1 Å². The van der Waals surface area contributed by atoms with Gasteiger partial charge >= 0.3 is 0 Å². The van der Waals surface area contributed by atoms with Gasteiger partial charge in [-0.25, -0.2) is 4.98 Å². The standard InChI is InChI=1S/C12H13NS2/c1-9-3-5-11(6-4-9)14-8-12-13-7-10(2)15-12/h3-7H,8H2,1-2H3. The lowest BCUT2D eigenvalue weighted by Crippen LogP contribution is -1.78. The van der Waals surface area contributed by atoms with Gasteiger partial charge in [0, 0.05) is 16.0 Å². The first-order valence-corrected chi connectivity index (χ1v) is 6.65. The molecule has 0 saturated carbocycles. The molecule has 0 bridgehead atoms. The maximum atomic E-state index is 4.35. The maximum Gasteiger partial charge on any atom is 0.103 e. The Morgan fingerprint density at radius 1 is 1.20 bits per heavy atom. The van der Waals surface area contributed by atoms with Crippen molar-refractivity contribution < 1.29 is 0 Å². The molecule has 1 aromatic carbocycles. The molecule has 0 spiro atoms. The van der Waals surface area contributed by atoms with Crippen LogP contribution >= 0.6 is 23.1 Å². The minimum absolute atomic E-state index is 0.974. The first-order chi connectivity index (χ1) is 7.24. The van der Waals surface area contributed by atoms with E-state index >= 15 is 0 Å². The Hall–Kier alpha value is -0.800. The van der Waals surface area contributed by atoms with Crippen LogP contribution in [0.3, 0.4) is 0 Å². The molecule has 0 aliphatic heterocycles.